The predicted octanol–water partition coefficient (Wildman–Crippen LogP) is 2.24. The van der Waals surface area contributed by atoms with Gasteiger partial charge in [0.2, 0.25) is 5.91 Å². The van der Waals surface area contributed by atoms with Crippen LogP contribution in [-0.2, 0) is 11.3 Å². The van der Waals surface area contributed by atoms with Gasteiger partial charge in [0.15, 0.2) is 0 Å². The van der Waals surface area contributed by atoms with Crippen LogP contribution in [-0.4, -0.2) is 19.6 Å². The highest BCUT2D eigenvalue weighted by molar-refractivity contribution is 5.88. The van der Waals surface area contributed by atoms with Crippen molar-refractivity contribution in [1.82, 2.24) is 5.32 Å². The molecule has 5 heteroatoms. The fourth-order valence-electron chi connectivity index (χ4n) is 2.10. The molecule has 1 amide bonds. The molecule has 4 nitrogen and oxygen atoms in total. The van der Waals surface area contributed by atoms with E-state index in [0.29, 0.717) is 19.5 Å². The Labute approximate surface area is 124 Å². The molecule has 0 saturated heterocycles. The van der Waals surface area contributed by atoms with Crippen LogP contribution >= 0.6 is 12.4 Å². The summed E-state index contributed by atoms with van der Waals surface area (Å²) in [5.41, 5.74) is 6.35. The maximum absolute atomic E-state index is 11.5. The zero-order chi connectivity index (χ0) is 13.7. The number of nitrogens with one attached hydrogen (secondary N) is 1. The first-order valence-corrected chi connectivity index (χ1v) is 6.27. The number of methoxy groups -OCH3 is 1. The Hall–Kier alpha value is -1.78. The van der Waals surface area contributed by atoms with Gasteiger partial charge in [0.05, 0.1) is 7.11 Å². The smallest absolute Gasteiger partial charge is 0.221 e. The average Bonchev–Trinajstić information content (AvgIpc) is 2.44. The minimum Gasteiger partial charge on any atom is -0.496 e. The summed E-state index contributed by atoms with van der Waals surface area (Å²) in [5, 5.41) is 5.09. The topological polar surface area (TPSA) is 64.3 Å². The van der Waals surface area contributed by atoms with Crippen LogP contribution in [0.2, 0.25) is 0 Å². The molecular weight excluding hydrogens is 276 g/mol. The molecule has 0 unspecified atom stereocenters. The number of ether oxygens (including phenoxy) is 1. The molecule has 0 bridgehead atoms. The van der Waals surface area contributed by atoms with Crippen molar-refractivity contribution >= 4 is 29.1 Å². The van der Waals surface area contributed by atoms with E-state index in [1.54, 1.807) is 7.11 Å². The fraction of sp³-hybridized carbons (Fsp3) is 0.267. The lowest BCUT2D eigenvalue weighted by Gasteiger charge is -2.13. The van der Waals surface area contributed by atoms with Crippen molar-refractivity contribution in [3.63, 3.8) is 0 Å². The highest BCUT2D eigenvalue weighted by Gasteiger charge is 2.09. The van der Waals surface area contributed by atoms with Crippen LogP contribution in [0.15, 0.2) is 36.4 Å². The fourth-order valence-corrected chi connectivity index (χ4v) is 2.10. The monoisotopic (exact) mass is 294 g/mol. The molecule has 0 aliphatic heterocycles. The molecule has 2 aromatic carbocycles. The third kappa shape index (κ3) is 3.62. The van der Waals surface area contributed by atoms with Gasteiger partial charge in [0, 0.05) is 25.1 Å². The summed E-state index contributed by atoms with van der Waals surface area (Å²) in [6.45, 7) is 0.807. The van der Waals surface area contributed by atoms with E-state index >= 15 is 0 Å². The summed E-state index contributed by atoms with van der Waals surface area (Å²) in [7, 11) is 1.63. The van der Waals surface area contributed by atoms with E-state index in [4.69, 9.17) is 10.5 Å². The Morgan fingerprint density at radius 3 is 2.70 bits per heavy atom. The molecule has 20 heavy (non-hydrogen) atoms. The van der Waals surface area contributed by atoms with Gasteiger partial charge in [-0.1, -0.05) is 30.3 Å². The van der Waals surface area contributed by atoms with Crippen LogP contribution in [0.25, 0.3) is 10.8 Å². The molecule has 0 heterocycles. The van der Waals surface area contributed by atoms with Gasteiger partial charge >= 0.3 is 0 Å². The standard InChI is InChI=1S/C15H18N2O2.ClH/c1-19-14-7-6-11-4-2-3-5-12(11)13(14)10-17-15(18)8-9-16;/h2-7H,8-10,16H2,1H3,(H,17,18);1H. The number of rotatable bonds is 5. The third-order valence-electron chi connectivity index (χ3n) is 3.05. The number of carbonyl (C=O) groups excluding carboxylic acids is 1. The maximum Gasteiger partial charge on any atom is 0.221 e. The van der Waals surface area contributed by atoms with Gasteiger partial charge in [0.1, 0.15) is 5.75 Å². The molecule has 0 atom stereocenters. The summed E-state index contributed by atoms with van der Waals surface area (Å²) in [6, 6.07) is 12.0. The van der Waals surface area contributed by atoms with Crippen molar-refractivity contribution in [2.24, 2.45) is 5.73 Å². The number of hydrogen-bond acceptors (Lipinski definition) is 3. The second kappa shape index (κ2) is 7.72. The molecule has 0 aliphatic carbocycles. The first-order chi connectivity index (χ1) is 9.26. The summed E-state index contributed by atoms with van der Waals surface area (Å²) in [5.74, 6) is 0.740. The van der Waals surface area contributed by atoms with Crippen LogP contribution in [0, 0.1) is 0 Å². The molecule has 2 aromatic rings. The Balaban J connectivity index is 0.00000200. The highest BCUT2D eigenvalue weighted by atomic mass is 35.5. The molecule has 3 N–H and O–H groups in total. The average molecular weight is 295 g/mol. The van der Waals surface area contributed by atoms with Gasteiger partial charge in [-0.25, -0.2) is 0 Å². The predicted molar refractivity (Wildman–Crippen MR) is 83.3 cm³/mol. The Morgan fingerprint density at radius 1 is 1.25 bits per heavy atom. The molecule has 2 rings (SSSR count). The van der Waals surface area contributed by atoms with Crippen molar-refractivity contribution in [2.45, 2.75) is 13.0 Å². The van der Waals surface area contributed by atoms with Crippen LogP contribution in [0.1, 0.15) is 12.0 Å². The number of carbonyl (C=O) groups is 1. The molecular formula is C15H19ClN2O2. The van der Waals surface area contributed by atoms with E-state index in [1.165, 1.54) is 0 Å². The van der Waals surface area contributed by atoms with E-state index in [2.05, 4.69) is 5.32 Å². The van der Waals surface area contributed by atoms with Gasteiger partial charge in [-0.3, -0.25) is 4.79 Å². The molecule has 0 radical (unpaired) electrons. The molecule has 0 spiro atoms. The lowest BCUT2D eigenvalue weighted by atomic mass is 10.0. The molecule has 0 fully saturated rings. The van der Waals surface area contributed by atoms with E-state index in [9.17, 15) is 4.79 Å². The minimum atomic E-state index is -0.0440. The largest absolute Gasteiger partial charge is 0.496 e. The normalized spacial score (nSPS) is 9.90. The molecule has 0 saturated carbocycles. The van der Waals surface area contributed by atoms with Crippen molar-refractivity contribution in [3.8, 4) is 5.75 Å². The van der Waals surface area contributed by atoms with Crippen LogP contribution in [0.3, 0.4) is 0 Å². The lowest BCUT2D eigenvalue weighted by molar-refractivity contribution is -0.121. The highest BCUT2D eigenvalue weighted by Crippen LogP contribution is 2.27. The molecule has 108 valence electrons. The van der Waals surface area contributed by atoms with E-state index in [0.717, 1.165) is 22.1 Å². The summed E-state index contributed by atoms with van der Waals surface area (Å²) in [4.78, 5) is 11.5. The zero-order valence-electron chi connectivity index (χ0n) is 11.4. The second-order valence-corrected chi connectivity index (χ2v) is 4.28. The van der Waals surface area contributed by atoms with Crippen LogP contribution < -0.4 is 15.8 Å². The van der Waals surface area contributed by atoms with Crippen LogP contribution in [0.4, 0.5) is 0 Å². The summed E-state index contributed by atoms with van der Waals surface area (Å²) >= 11 is 0. The summed E-state index contributed by atoms with van der Waals surface area (Å²) < 4.78 is 5.37. The van der Waals surface area contributed by atoms with E-state index in [-0.39, 0.29) is 18.3 Å². The second-order valence-electron chi connectivity index (χ2n) is 4.28. The van der Waals surface area contributed by atoms with Gasteiger partial charge in [-0.2, -0.15) is 0 Å². The van der Waals surface area contributed by atoms with Crippen molar-refractivity contribution in [1.29, 1.82) is 0 Å². The first-order valence-electron chi connectivity index (χ1n) is 6.27. The molecule has 0 aromatic heterocycles. The van der Waals surface area contributed by atoms with Crippen molar-refractivity contribution in [2.75, 3.05) is 13.7 Å². The maximum atomic E-state index is 11.5. The molecule has 0 aliphatic rings. The summed E-state index contributed by atoms with van der Waals surface area (Å²) in [6.07, 6.45) is 0.340. The number of amides is 1. The minimum absolute atomic E-state index is 0. The van der Waals surface area contributed by atoms with Gasteiger partial charge < -0.3 is 15.8 Å². The Kier molecular flexibility index (Phi) is 6.28. The Morgan fingerprint density at radius 2 is 2.00 bits per heavy atom. The quantitative estimate of drug-likeness (QED) is 0.889. The number of benzene rings is 2. The number of nitrogens with two attached hydrogens (primary N) is 1. The van der Waals surface area contributed by atoms with Gasteiger partial charge in [0.25, 0.3) is 0 Å². The number of fused-ring (bicyclic) bond motifs is 1. The Bertz CT molecular complexity index is 587. The lowest BCUT2D eigenvalue weighted by Crippen LogP contribution is -2.25. The van der Waals surface area contributed by atoms with Gasteiger partial charge in [-0.15, -0.1) is 12.4 Å². The van der Waals surface area contributed by atoms with Gasteiger partial charge in [-0.05, 0) is 16.8 Å². The van der Waals surface area contributed by atoms with Crippen LogP contribution in [0.5, 0.6) is 5.75 Å². The van der Waals surface area contributed by atoms with Crippen molar-refractivity contribution in [3.05, 3.63) is 42.0 Å². The number of halogens is 1. The third-order valence-corrected chi connectivity index (χ3v) is 3.05. The first kappa shape index (κ1) is 16.3. The number of hydrogen-bond donors (Lipinski definition) is 2. The van der Waals surface area contributed by atoms with Crippen molar-refractivity contribution < 1.29 is 9.53 Å². The zero-order valence-corrected chi connectivity index (χ0v) is 12.2. The van der Waals surface area contributed by atoms with E-state index < -0.39 is 0 Å². The van der Waals surface area contributed by atoms with E-state index in [1.807, 2.05) is 36.4 Å². The SMILES string of the molecule is COc1ccc2ccccc2c1CNC(=O)CCN.Cl.